The fraction of sp³-hybridized carbons (Fsp3) is 0.750. The summed E-state index contributed by atoms with van der Waals surface area (Å²) in [6.07, 6.45) is 6.92. The van der Waals surface area contributed by atoms with E-state index in [2.05, 4.69) is 60.4 Å². The molecule has 1 aliphatic heterocycles. The Morgan fingerprint density at radius 1 is 0.976 bits per heavy atom. The van der Waals surface area contributed by atoms with Gasteiger partial charge in [-0.1, -0.05) is 34.6 Å². The summed E-state index contributed by atoms with van der Waals surface area (Å²) in [7, 11) is 0. The zero-order chi connectivity index (χ0) is 29.5. The van der Waals surface area contributed by atoms with E-state index in [1.165, 1.54) is 6.07 Å². The quantitative estimate of drug-likeness (QED) is 0.371. The van der Waals surface area contributed by atoms with Crippen LogP contribution >= 0.6 is 0 Å². The first-order chi connectivity index (χ1) is 19.0. The molecule has 0 unspecified atom stereocenters. The average Bonchev–Trinajstić information content (AvgIpc) is 3.40. The topological polar surface area (TPSA) is 62.3 Å². The molecule has 3 saturated carbocycles. The molecule has 4 aliphatic carbocycles. The van der Waals surface area contributed by atoms with Crippen molar-refractivity contribution >= 4 is 16.7 Å². The molecule has 9 atom stereocenters. The number of aromatic amines is 1. The van der Waals surface area contributed by atoms with Gasteiger partial charge in [-0.05, 0) is 123 Å². The predicted molar refractivity (Wildman–Crippen MR) is 160 cm³/mol. The Balaban J connectivity index is 1.33. The highest BCUT2D eigenvalue weighted by atomic mass is 19.1. The third-order valence-electron chi connectivity index (χ3n) is 14.0. The second-order valence-electron chi connectivity index (χ2n) is 17.0. The Labute approximate surface area is 245 Å². The number of Topliss-reactive ketones (excluding diaryl/α,β-unsaturated/α-hetero) is 1. The molecule has 7 rings (SSSR count). The number of hydrogen-bond donors (Lipinski definition) is 2. The van der Waals surface area contributed by atoms with Crippen LogP contribution in [0, 0.1) is 45.7 Å². The minimum Gasteiger partial charge on any atom is -0.393 e. The lowest BCUT2D eigenvalue weighted by Crippen LogP contribution is -2.69. The standard InChI is InChI=1S/C36H50FNO3/c1-31(2)13-9-14-36(8,41-31)23-12-15-34(6)28(23)25(39)17-27-33(5)18-22-21-16-20(37)10-11-24(21)38-30(22)32(3,4)29(33)26(40)19-35(27,34)7/h10-11,16,23,25,27-29,38-39H,9,12-15,17-19H2,1-8H3/t23-,25+,27+,28-,29-,33+,34+,35+,36+/m0/s1. The van der Waals surface area contributed by atoms with Crippen LogP contribution in [0.3, 0.4) is 0 Å². The summed E-state index contributed by atoms with van der Waals surface area (Å²) in [6.45, 7) is 18.3. The van der Waals surface area contributed by atoms with Crippen LogP contribution in [0.5, 0.6) is 0 Å². The third-order valence-corrected chi connectivity index (χ3v) is 14.0. The summed E-state index contributed by atoms with van der Waals surface area (Å²) in [4.78, 5) is 18.2. The number of halogens is 1. The molecule has 1 saturated heterocycles. The highest BCUT2D eigenvalue weighted by molar-refractivity contribution is 5.90. The van der Waals surface area contributed by atoms with Crippen molar-refractivity contribution in [2.45, 2.75) is 129 Å². The van der Waals surface area contributed by atoms with Crippen LogP contribution in [-0.2, 0) is 21.4 Å². The maximum absolute atomic E-state index is 14.6. The number of aliphatic hydroxyl groups is 1. The number of fused-ring (bicyclic) bond motifs is 8. The summed E-state index contributed by atoms with van der Waals surface area (Å²) in [5.74, 6) is 0.582. The summed E-state index contributed by atoms with van der Waals surface area (Å²) in [5.41, 5.74) is 1.67. The van der Waals surface area contributed by atoms with E-state index in [1.807, 2.05) is 6.07 Å². The van der Waals surface area contributed by atoms with Gasteiger partial charge in [0, 0.05) is 34.4 Å². The van der Waals surface area contributed by atoms with Gasteiger partial charge < -0.3 is 14.8 Å². The number of carbonyl (C=O) groups excluding carboxylic acids is 1. The van der Waals surface area contributed by atoms with E-state index in [9.17, 15) is 14.3 Å². The van der Waals surface area contributed by atoms with Gasteiger partial charge in [0.1, 0.15) is 11.6 Å². The molecule has 224 valence electrons. The SMILES string of the molecule is CC1(C)CCC[C@](C)([C@H]2CC[C@]3(C)[C@@H]2[C@H](O)C[C@@H]2[C@@]4(C)Cc5c([nH]c6ccc(F)cc56)C(C)(C)[C@@H]4C(=O)C[C@]23C)O1. The normalized spacial score (nSPS) is 46.5. The zero-order valence-corrected chi connectivity index (χ0v) is 26.4. The number of benzene rings is 1. The van der Waals surface area contributed by atoms with E-state index in [0.717, 1.165) is 67.1 Å². The van der Waals surface area contributed by atoms with Crippen molar-refractivity contribution in [2.24, 2.45) is 39.9 Å². The van der Waals surface area contributed by atoms with Gasteiger partial charge in [-0.2, -0.15) is 0 Å². The molecule has 2 heterocycles. The van der Waals surface area contributed by atoms with Gasteiger partial charge in [0.05, 0.1) is 17.3 Å². The van der Waals surface area contributed by atoms with Gasteiger partial charge in [0.25, 0.3) is 0 Å². The number of carbonyl (C=O) groups is 1. The summed E-state index contributed by atoms with van der Waals surface area (Å²) in [6, 6.07) is 5.01. The third kappa shape index (κ3) is 3.48. The molecule has 0 amide bonds. The molecule has 4 nitrogen and oxygen atoms in total. The summed E-state index contributed by atoms with van der Waals surface area (Å²) < 4.78 is 21.4. The first kappa shape index (κ1) is 28.1. The molecule has 2 aromatic rings. The molecule has 2 N–H and O–H groups in total. The zero-order valence-electron chi connectivity index (χ0n) is 26.4. The smallest absolute Gasteiger partial charge is 0.138 e. The van der Waals surface area contributed by atoms with Crippen molar-refractivity contribution in [3.8, 4) is 0 Å². The van der Waals surface area contributed by atoms with Gasteiger partial charge in [-0.25, -0.2) is 4.39 Å². The van der Waals surface area contributed by atoms with Crippen LogP contribution in [0.2, 0.25) is 0 Å². The lowest BCUT2D eigenvalue weighted by molar-refractivity contribution is -0.239. The van der Waals surface area contributed by atoms with Crippen molar-refractivity contribution < 1.29 is 19.0 Å². The van der Waals surface area contributed by atoms with Gasteiger partial charge in [-0.15, -0.1) is 0 Å². The molecule has 1 aromatic heterocycles. The number of aliphatic hydroxyl groups excluding tert-OH is 1. The van der Waals surface area contributed by atoms with Crippen LogP contribution < -0.4 is 0 Å². The first-order valence-corrected chi connectivity index (χ1v) is 16.2. The molecular weight excluding hydrogens is 513 g/mol. The van der Waals surface area contributed by atoms with Crippen LogP contribution in [-0.4, -0.2) is 33.2 Å². The Kier molecular flexibility index (Phi) is 5.65. The van der Waals surface area contributed by atoms with Gasteiger partial charge in [-0.3, -0.25) is 4.79 Å². The van der Waals surface area contributed by atoms with Crippen LogP contribution in [0.4, 0.5) is 4.39 Å². The molecule has 41 heavy (non-hydrogen) atoms. The Hall–Kier alpha value is -1.72. The van der Waals surface area contributed by atoms with E-state index in [0.29, 0.717) is 12.2 Å². The Morgan fingerprint density at radius 3 is 2.41 bits per heavy atom. The number of ether oxygens (including phenoxy) is 1. The lowest BCUT2D eigenvalue weighted by atomic mass is 9.35. The fourth-order valence-corrected chi connectivity index (χ4v) is 12.5. The highest BCUT2D eigenvalue weighted by Gasteiger charge is 2.73. The predicted octanol–water partition coefficient (Wildman–Crippen LogP) is 7.89. The second kappa shape index (κ2) is 8.25. The Bertz CT molecular complexity index is 1440. The van der Waals surface area contributed by atoms with Crippen LogP contribution in [0.1, 0.15) is 112 Å². The van der Waals surface area contributed by atoms with Crippen LogP contribution in [0.25, 0.3) is 10.9 Å². The van der Waals surface area contributed by atoms with Crippen LogP contribution in [0.15, 0.2) is 18.2 Å². The van der Waals surface area contributed by atoms with Gasteiger partial charge in [0.2, 0.25) is 0 Å². The maximum atomic E-state index is 14.6. The monoisotopic (exact) mass is 563 g/mol. The fourth-order valence-electron chi connectivity index (χ4n) is 12.5. The minimum atomic E-state index is -0.424. The summed E-state index contributed by atoms with van der Waals surface area (Å²) in [5, 5.41) is 13.2. The second-order valence-corrected chi connectivity index (χ2v) is 17.0. The van der Waals surface area contributed by atoms with Crippen molar-refractivity contribution in [1.82, 2.24) is 4.98 Å². The molecule has 1 aromatic carbocycles. The number of nitrogens with one attached hydrogen (secondary N) is 1. The largest absolute Gasteiger partial charge is 0.393 e. The molecule has 5 aliphatic rings. The van der Waals surface area contributed by atoms with Crippen molar-refractivity contribution in [3.63, 3.8) is 0 Å². The molecule has 0 bridgehead atoms. The number of aromatic nitrogens is 1. The van der Waals surface area contributed by atoms with Crippen molar-refractivity contribution in [2.75, 3.05) is 0 Å². The molecule has 0 spiro atoms. The Morgan fingerprint density at radius 2 is 1.71 bits per heavy atom. The van der Waals surface area contributed by atoms with E-state index < -0.39 is 11.5 Å². The van der Waals surface area contributed by atoms with Crippen molar-refractivity contribution in [1.29, 1.82) is 0 Å². The lowest BCUT2D eigenvalue weighted by Gasteiger charge is -2.69. The first-order valence-electron chi connectivity index (χ1n) is 16.2. The van der Waals surface area contributed by atoms with E-state index in [4.69, 9.17) is 4.74 Å². The molecular formula is C36H50FNO3. The molecule has 5 heteroatoms. The van der Waals surface area contributed by atoms with E-state index >= 15 is 0 Å². The summed E-state index contributed by atoms with van der Waals surface area (Å²) >= 11 is 0. The number of rotatable bonds is 1. The number of H-pyrrole nitrogens is 1. The van der Waals surface area contributed by atoms with E-state index in [1.54, 1.807) is 6.07 Å². The highest BCUT2D eigenvalue weighted by Crippen LogP contribution is 2.75. The minimum absolute atomic E-state index is 0.116. The molecule has 0 radical (unpaired) electrons. The van der Waals surface area contributed by atoms with Crippen molar-refractivity contribution in [3.05, 3.63) is 35.3 Å². The number of ketones is 1. The van der Waals surface area contributed by atoms with Gasteiger partial charge in [0.15, 0.2) is 0 Å². The van der Waals surface area contributed by atoms with Gasteiger partial charge >= 0.3 is 0 Å². The van der Waals surface area contributed by atoms with E-state index in [-0.39, 0.29) is 56.9 Å². The maximum Gasteiger partial charge on any atom is 0.138 e. The molecule has 4 fully saturated rings. The number of hydrogen-bond acceptors (Lipinski definition) is 3. The average molecular weight is 564 g/mol.